The number of rotatable bonds is 2. The molecule has 2 heterocycles. The van der Waals surface area contributed by atoms with Gasteiger partial charge in [-0.15, -0.1) is 0 Å². The molecule has 0 atom stereocenters. The molecule has 5 nitrogen and oxygen atoms in total. The van der Waals surface area contributed by atoms with E-state index < -0.39 is 0 Å². The molecular formula is C11H14N4OS. The van der Waals surface area contributed by atoms with Crippen LogP contribution in [0.4, 0.5) is 5.13 Å². The van der Waals surface area contributed by atoms with E-state index in [0.29, 0.717) is 16.4 Å². The lowest BCUT2D eigenvalue weighted by Crippen LogP contribution is -2.21. The molecule has 0 radical (unpaired) electrons. The van der Waals surface area contributed by atoms with Gasteiger partial charge in [0.1, 0.15) is 4.70 Å². The molecule has 0 amide bonds. The lowest BCUT2D eigenvalue weighted by atomic mass is 9.96. The Hall–Kier alpha value is -1.43. The number of aromatic amines is 1. The maximum Gasteiger partial charge on any atom is 0.270 e. The fourth-order valence-electron chi connectivity index (χ4n) is 2.25. The molecule has 0 spiro atoms. The maximum atomic E-state index is 11.5. The number of nitrogens with zero attached hydrogens (tertiary/aromatic N) is 2. The van der Waals surface area contributed by atoms with Gasteiger partial charge in [-0.1, -0.05) is 30.6 Å². The molecule has 90 valence electrons. The molecule has 1 aliphatic carbocycles. The molecule has 2 aromatic rings. The summed E-state index contributed by atoms with van der Waals surface area (Å²) in [6.07, 6.45) is 7.68. The number of anilines is 1. The summed E-state index contributed by atoms with van der Waals surface area (Å²) in [6.45, 7) is 0. The summed E-state index contributed by atoms with van der Waals surface area (Å²) in [7, 11) is 0. The first-order chi connectivity index (χ1) is 8.33. The molecule has 3 rings (SSSR count). The van der Waals surface area contributed by atoms with E-state index in [1.807, 2.05) is 0 Å². The van der Waals surface area contributed by atoms with Crippen molar-refractivity contribution in [3.8, 4) is 0 Å². The zero-order valence-electron chi connectivity index (χ0n) is 9.40. The van der Waals surface area contributed by atoms with E-state index in [0.717, 1.165) is 5.13 Å². The molecule has 2 aromatic heterocycles. The fraction of sp³-hybridized carbons (Fsp3) is 0.545. The molecule has 1 fully saturated rings. The van der Waals surface area contributed by atoms with Crippen LogP contribution in [0.25, 0.3) is 10.3 Å². The average Bonchev–Trinajstić information content (AvgIpc) is 2.74. The second-order valence-corrected chi connectivity index (χ2v) is 5.38. The van der Waals surface area contributed by atoms with Crippen LogP contribution in [0, 0.1) is 0 Å². The molecule has 0 aromatic carbocycles. The summed E-state index contributed by atoms with van der Waals surface area (Å²) < 4.78 is 0.603. The second kappa shape index (κ2) is 4.44. The first-order valence-corrected chi connectivity index (χ1v) is 6.75. The molecule has 0 bridgehead atoms. The Kier molecular flexibility index (Phi) is 2.80. The van der Waals surface area contributed by atoms with Gasteiger partial charge >= 0.3 is 0 Å². The van der Waals surface area contributed by atoms with Crippen molar-refractivity contribution in [2.45, 2.75) is 38.1 Å². The number of fused-ring (bicyclic) bond motifs is 1. The molecule has 1 aliphatic rings. The van der Waals surface area contributed by atoms with Gasteiger partial charge < -0.3 is 10.3 Å². The van der Waals surface area contributed by atoms with Crippen molar-refractivity contribution >= 4 is 26.8 Å². The van der Waals surface area contributed by atoms with Crippen molar-refractivity contribution < 1.29 is 0 Å². The van der Waals surface area contributed by atoms with Gasteiger partial charge in [-0.25, -0.2) is 4.98 Å². The van der Waals surface area contributed by atoms with E-state index in [1.54, 1.807) is 0 Å². The first-order valence-electron chi connectivity index (χ1n) is 5.94. The predicted octanol–water partition coefficient (Wildman–Crippen LogP) is 2.12. The topological polar surface area (TPSA) is 70.7 Å². The van der Waals surface area contributed by atoms with Crippen LogP contribution in [0.3, 0.4) is 0 Å². The van der Waals surface area contributed by atoms with Crippen LogP contribution < -0.4 is 10.9 Å². The second-order valence-electron chi connectivity index (χ2n) is 4.38. The quantitative estimate of drug-likeness (QED) is 0.856. The van der Waals surface area contributed by atoms with E-state index in [4.69, 9.17) is 0 Å². The number of nitrogens with one attached hydrogen (secondary N) is 2. The summed E-state index contributed by atoms with van der Waals surface area (Å²) in [4.78, 5) is 22.5. The van der Waals surface area contributed by atoms with Crippen LogP contribution in [-0.2, 0) is 0 Å². The summed E-state index contributed by atoms with van der Waals surface area (Å²) >= 11 is 1.39. The molecule has 0 unspecified atom stereocenters. The van der Waals surface area contributed by atoms with Gasteiger partial charge in [-0.05, 0) is 12.8 Å². The van der Waals surface area contributed by atoms with E-state index in [2.05, 4.69) is 20.3 Å². The van der Waals surface area contributed by atoms with E-state index in [9.17, 15) is 4.79 Å². The van der Waals surface area contributed by atoms with Crippen LogP contribution in [0.2, 0.25) is 0 Å². The number of thiazole rings is 1. The van der Waals surface area contributed by atoms with Crippen LogP contribution in [0.1, 0.15) is 32.1 Å². The monoisotopic (exact) mass is 250 g/mol. The minimum atomic E-state index is -0.107. The molecular weight excluding hydrogens is 236 g/mol. The van der Waals surface area contributed by atoms with E-state index in [1.165, 1.54) is 49.8 Å². The highest BCUT2D eigenvalue weighted by atomic mass is 32.1. The summed E-state index contributed by atoms with van der Waals surface area (Å²) in [5, 5.41) is 4.23. The largest absolute Gasteiger partial charge is 0.359 e. The molecule has 17 heavy (non-hydrogen) atoms. The third-order valence-corrected chi connectivity index (χ3v) is 4.11. The zero-order valence-corrected chi connectivity index (χ0v) is 10.2. The van der Waals surface area contributed by atoms with Gasteiger partial charge in [0, 0.05) is 6.04 Å². The van der Waals surface area contributed by atoms with Crippen molar-refractivity contribution in [2.24, 2.45) is 0 Å². The van der Waals surface area contributed by atoms with Gasteiger partial charge in [-0.2, -0.15) is 4.98 Å². The normalized spacial score (nSPS) is 17.4. The molecule has 6 heteroatoms. The van der Waals surface area contributed by atoms with Gasteiger partial charge in [0.25, 0.3) is 5.56 Å². The predicted molar refractivity (Wildman–Crippen MR) is 68.5 cm³/mol. The Balaban J connectivity index is 1.85. The third-order valence-electron chi connectivity index (χ3n) is 3.13. The Bertz CT molecular complexity index is 570. The Labute approximate surface area is 102 Å². The molecule has 0 aliphatic heterocycles. The van der Waals surface area contributed by atoms with Crippen LogP contribution in [0.5, 0.6) is 0 Å². The summed E-state index contributed by atoms with van der Waals surface area (Å²) in [6, 6.07) is 0.503. The SMILES string of the molecule is O=c1[nH]cnc2nc(NC3CCCCC3)sc12. The highest BCUT2D eigenvalue weighted by Crippen LogP contribution is 2.25. The smallest absolute Gasteiger partial charge is 0.270 e. The van der Waals surface area contributed by atoms with E-state index in [-0.39, 0.29) is 5.56 Å². The summed E-state index contributed by atoms with van der Waals surface area (Å²) in [5.74, 6) is 0. The summed E-state index contributed by atoms with van der Waals surface area (Å²) in [5.41, 5.74) is 0.432. The van der Waals surface area contributed by atoms with Crippen molar-refractivity contribution in [3.05, 3.63) is 16.7 Å². The Morgan fingerprint density at radius 1 is 1.35 bits per heavy atom. The number of H-pyrrole nitrogens is 1. The van der Waals surface area contributed by atoms with Gasteiger partial charge in [0.2, 0.25) is 0 Å². The van der Waals surface area contributed by atoms with E-state index >= 15 is 0 Å². The van der Waals surface area contributed by atoms with Crippen LogP contribution in [0.15, 0.2) is 11.1 Å². The van der Waals surface area contributed by atoms with Crippen LogP contribution in [-0.4, -0.2) is 21.0 Å². The highest BCUT2D eigenvalue weighted by molar-refractivity contribution is 7.22. The van der Waals surface area contributed by atoms with Crippen molar-refractivity contribution in [3.63, 3.8) is 0 Å². The third kappa shape index (κ3) is 2.17. The van der Waals surface area contributed by atoms with Crippen molar-refractivity contribution in [1.82, 2.24) is 15.0 Å². The highest BCUT2D eigenvalue weighted by Gasteiger charge is 2.15. The van der Waals surface area contributed by atoms with Gasteiger partial charge in [0.05, 0.1) is 6.33 Å². The zero-order chi connectivity index (χ0) is 11.7. The lowest BCUT2D eigenvalue weighted by Gasteiger charge is -2.22. The minimum absolute atomic E-state index is 0.107. The lowest BCUT2D eigenvalue weighted by molar-refractivity contribution is 0.462. The average molecular weight is 250 g/mol. The first kappa shape index (κ1) is 10.7. The number of hydrogen-bond acceptors (Lipinski definition) is 5. The maximum absolute atomic E-state index is 11.5. The molecule has 0 saturated heterocycles. The van der Waals surface area contributed by atoms with Crippen LogP contribution >= 0.6 is 11.3 Å². The fourth-order valence-corrected chi connectivity index (χ4v) is 3.14. The standard InChI is InChI=1S/C11H14N4OS/c16-10-8-9(12-6-13-10)15-11(17-8)14-7-4-2-1-3-5-7/h6-7H,1-5H2,(H2,12,13,14,15,16). The Morgan fingerprint density at radius 2 is 2.18 bits per heavy atom. The Morgan fingerprint density at radius 3 is 2.94 bits per heavy atom. The van der Waals surface area contributed by atoms with Crippen molar-refractivity contribution in [2.75, 3.05) is 5.32 Å². The van der Waals surface area contributed by atoms with Gasteiger partial charge in [0.15, 0.2) is 10.8 Å². The van der Waals surface area contributed by atoms with Crippen molar-refractivity contribution in [1.29, 1.82) is 0 Å². The number of aromatic nitrogens is 3. The molecule has 2 N–H and O–H groups in total. The number of hydrogen-bond donors (Lipinski definition) is 2. The molecule has 1 saturated carbocycles. The minimum Gasteiger partial charge on any atom is -0.359 e. The van der Waals surface area contributed by atoms with Gasteiger partial charge in [-0.3, -0.25) is 4.79 Å².